The highest BCUT2D eigenvalue weighted by Crippen LogP contribution is 2.28. The van der Waals surface area contributed by atoms with Gasteiger partial charge in [0.2, 0.25) is 5.91 Å². The number of piperidine rings is 1. The second-order valence-electron chi connectivity index (χ2n) is 7.13. The molecular formula is C21H24Cl2N2O3. The van der Waals surface area contributed by atoms with Crippen LogP contribution in [0.4, 0.5) is 0 Å². The van der Waals surface area contributed by atoms with Crippen LogP contribution in [0.3, 0.4) is 0 Å². The number of ether oxygens (including phenoxy) is 1. The number of benzene rings is 2. The number of hydrogen-bond acceptors (Lipinski definition) is 4. The van der Waals surface area contributed by atoms with Crippen LogP contribution < -0.4 is 10.1 Å². The molecule has 5 nitrogen and oxygen atoms in total. The Morgan fingerprint density at radius 3 is 2.50 bits per heavy atom. The summed E-state index contributed by atoms with van der Waals surface area (Å²) in [4.78, 5) is 14.2. The maximum atomic E-state index is 12.2. The first-order valence-corrected chi connectivity index (χ1v) is 10.0. The van der Waals surface area contributed by atoms with Crippen molar-refractivity contribution in [3.8, 4) is 5.75 Å². The van der Waals surface area contributed by atoms with Crippen molar-refractivity contribution in [2.24, 2.45) is 0 Å². The molecule has 1 aliphatic rings. The standard InChI is InChI=1S/C21H24Cl2N2O3/c22-18-7-6-17(12-19(18)23)28-15-21(27)8-10-25(11-9-21)14-20(26)24-13-16-4-2-1-3-5-16/h1-7,12,27H,8-11,13-15H2,(H,24,26). The number of carbonyl (C=O) groups is 1. The SMILES string of the molecule is O=C(CN1CCC(O)(COc2ccc(Cl)c(Cl)c2)CC1)NCc1ccccc1. The van der Waals surface area contributed by atoms with Gasteiger partial charge in [-0.05, 0) is 30.5 Å². The van der Waals surface area contributed by atoms with Gasteiger partial charge in [0.1, 0.15) is 18.0 Å². The summed E-state index contributed by atoms with van der Waals surface area (Å²) in [6.45, 7) is 2.31. The molecule has 1 heterocycles. The topological polar surface area (TPSA) is 61.8 Å². The third-order valence-electron chi connectivity index (χ3n) is 4.89. The van der Waals surface area contributed by atoms with E-state index in [1.807, 2.05) is 35.2 Å². The molecular weight excluding hydrogens is 399 g/mol. The summed E-state index contributed by atoms with van der Waals surface area (Å²) < 4.78 is 5.70. The molecule has 1 aliphatic heterocycles. The van der Waals surface area contributed by atoms with Crippen molar-refractivity contribution in [1.82, 2.24) is 10.2 Å². The first-order chi connectivity index (χ1) is 13.4. The molecule has 0 bridgehead atoms. The predicted octanol–water partition coefficient (Wildman–Crippen LogP) is 3.52. The molecule has 150 valence electrons. The van der Waals surface area contributed by atoms with Crippen LogP contribution in [0.15, 0.2) is 48.5 Å². The van der Waals surface area contributed by atoms with Crippen LogP contribution in [0, 0.1) is 0 Å². The molecule has 28 heavy (non-hydrogen) atoms. The van der Waals surface area contributed by atoms with E-state index in [-0.39, 0.29) is 12.5 Å². The van der Waals surface area contributed by atoms with Gasteiger partial charge in [-0.3, -0.25) is 9.69 Å². The fourth-order valence-electron chi connectivity index (χ4n) is 3.11. The Kier molecular flexibility index (Phi) is 7.18. The summed E-state index contributed by atoms with van der Waals surface area (Å²) in [5.74, 6) is 0.562. The minimum Gasteiger partial charge on any atom is -0.491 e. The Morgan fingerprint density at radius 2 is 1.82 bits per heavy atom. The zero-order valence-corrected chi connectivity index (χ0v) is 17.0. The molecule has 0 unspecified atom stereocenters. The highest BCUT2D eigenvalue weighted by atomic mass is 35.5. The molecule has 2 aromatic rings. The molecule has 2 aromatic carbocycles. The van der Waals surface area contributed by atoms with E-state index in [9.17, 15) is 9.90 Å². The number of halogens is 2. The fraction of sp³-hybridized carbons (Fsp3) is 0.381. The molecule has 3 rings (SSSR count). The average molecular weight is 423 g/mol. The number of nitrogens with one attached hydrogen (secondary N) is 1. The number of amides is 1. The quantitative estimate of drug-likeness (QED) is 0.716. The smallest absolute Gasteiger partial charge is 0.234 e. The van der Waals surface area contributed by atoms with Crippen LogP contribution in [-0.2, 0) is 11.3 Å². The van der Waals surface area contributed by atoms with Crippen LogP contribution in [0.2, 0.25) is 10.0 Å². The Hall–Kier alpha value is -1.79. The minimum absolute atomic E-state index is 0.0126. The highest BCUT2D eigenvalue weighted by Gasteiger charge is 2.33. The molecule has 7 heteroatoms. The van der Waals surface area contributed by atoms with E-state index < -0.39 is 5.60 Å². The summed E-state index contributed by atoms with van der Waals surface area (Å²) in [6, 6.07) is 14.8. The van der Waals surface area contributed by atoms with E-state index in [1.165, 1.54) is 0 Å². The van der Waals surface area contributed by atoms with Crippen LogP contribution in [0.1, 0.15) is 18.4 Å². The van der Waals surface area contributed by atoms with Crippen LogP contribution >= 0.6 is 23.2 Å². The Labute approximate surface area is 175 Å². The molecule has 0 atom stereocenters. The number of nitrogens with zero attached hydrogens (tertiary/aromatic N) is 1. The summed E-state index contributed by atoms with van der Waals surface area (Å²) in [5, 5.41) is 14.6. The van der Waals surface area contributed by atoms with Crippen molar-refractivity contribution in [3.05, 3.63) is 64.1 Å². The van der Waals surface area contributed by atoms with Gasteiger partial charge in [-0.15, -0.1) is 0 Å². The largest absolute Gasteiger partial charge is 0.491 e. The Morgan fingerprint density at radius 1 is 1.11 bits per heavy atom. The van der Waals surface area contributed by atoms with Crippen molar-refractivity contribution in [3.63, 3.8) is 0 Å². The lowest BCUT2D eigenvalue weighted by Crippen LogP contribution is -2.50. The second kappa shape index (κ2) is 9.61. The van der Waals surface area contributed by atoms with E-state index in [1.54, 1.807) is 18.2 Å². The summed E-state index contributed by atoms with van der Waals surface area (Å²) in [5.41, 5.74) is 0.159. The molecule has 0 saturated carbocycles. The number of aliphatic hydroxyl groups is 1. The van der Waals surface area contributed by atoms with Gasteiger partial charge in [-0.2, -0.15) is 0 Å². The first-order valence-electron chi connectivity index (χ1n) is 9.27. The van der Waals surface area contributed by atoms with E-state index in [2.05, 4.69) is 5.32 Å². The predicted molar refractivity (Wildman–Crippen MR) is 111 cm³/mol. The van der Waals surface area contributed by atoms with Crippen LogP contribution in [0.25, 0.3) is 0 Å². The van der Waals surface area contributed by atoms with E-state index >= 15 is 0 Å². The van der Waals surface area contributed by atoms with Gasteiger partial charge in [-0.1, -0.05) is 53.5 Å². The van der Waals surface area contributed by atoms with Gasteiger partial charge >= 0.3 is 0 Å². The summed E-state index contributed by atoms with van der Waals surface area (Å²) >= 11 is 11.9. The zero-order chi connectivity index (χ0) is 20.0. The summed E-state index contributed by atoms with van der Waals surface area (Å²) in [6.07, 6.45) is 1.08. The second-order valence-corrected chi connectivity index (χ2v) is 7.94. The van der Waals surface area contributed by atoms with Crippen LogP contribution in [0.5, 0.6) is 5.75 Å². The molecule has 0 aromatic heterocycles. The molecule has 1 amide bonds. The molecule has 1 saturated heterocycles. The Bertz CT molecular complexity index is 793. The van der Waals surface area contributed by atoms with Crippen LogP contribution in [-0.4, -0.2) is 47.8 Å². The van der Waals surface area contributed by atoms with E-state index in [0.717, 1.165) is 5.56 Å². The first kappa shape index (κ1) is 20.9. The minimum atomic E-state index is -0.914. The molecule has 2 N–H and O–H groups in total. The normalized spacial score (nSPS) is 16.5. The Balaban J connectivity index is 1.40. The number of carbonyl (C=O) groups excluding carboxylic acids is 1. The van der Waals surface area contributed by atoms with Crippen molar-refractivity contribution in [2.75, 3.05) is 26.2 Å². The maximum Gasteiger partial charge on any atom is 0.234 e. The highest BCUT2D eigenvalue weighted by molar-refractivity contribution is 6.42. The van der Waals surface area contributed by atoms with E-state index in [4.69, 9.17) is 27.9 Å². The lowest BCUT2D eigenvalue weighted by atomic mass is 9.92. The third-order valence-corrected chi connectivity index (χ3v) is 5.62. The third kappa shape index (κ3) is 6.11. The number of rotatable bonds is 7. The van der Waals surface area contributed by atoms with Crippen molar-refractivity contribution < 1.29 is 14.6 Å². The van der Waals surface area contributed by atoms with Gasteiger partial charge in [0.15, 0.2) is 0 Å². The van der Waals surface area contributed by atoms with Gasteiger partial charge in [0.25, 0.3) is 0 Å². The van der Waals surface area contributed by atoms with Crippen molar-refractivity contribution >= 4 is 29.1 Å². The van der Waals surface area contributed by atoms with Gasteiger partial charge in [-0.25, -0.2) is 0 Å². The monoisotopic (exact) mass is 422 g/mol. The zero-order valence-electron chi connectivity index (χ0n) is 15.5. The van der Waals surface area contributed by atoms with Crippen molar-refractivity contribution in [2.45, 2.75) is 25.0 Å². The number of likely N-dealkylation sites (tertiary alicyclic amines) is 1. The lowest BCUT2D eigenvalue weighted by molar-refractivity contribution is -0.124. The molecule has 0 aliphatic carbocycles. The molecule has 0 radical (unpaired) electrons. The fourth-order valence-corrected chi connectivity index (χ4v) is 3.40. The lowest BCUT2D eigenvalue weighted by Gasteiger charge is -2.37. The average Bonchev–Trinajstić information content (AvgIpc) is 2.70. The van der Waals surface area contributed by atoms with Gasteiger partial charge in [0.05, 0.1) is 16.6 Å². The number of hydrogen-bond donors (Lipinski definition) is 2. The van der Waals surface area contributed by atoms with Gasteiger partial charge < -0.3 is 15.2 Å². The maximum absolute atomic E-state index is 12.2. The molecule has 1 fully saturated rings. The van der Waals surface area contributed by atoms with Gasteiger partial charge in [0, 0.05) is 25.7 Å². The summed E-state index contributed by atoms with van der Waals surface area (Å²) in [7, 11) is 0. The van der Waals surface area contributed by atoms with E-state index in [0.29, 0.717) is 54.8 Å². The van der Waals surface area contributed by atoms with Crippen molar-refractivity contribution in [1.29, 1.82) is 0 Å². The molecule has 0 spiro atoms.